The van der Waals surface area contributed by atoms with E-state index in [4.69, 9.17) is 10.2 Å². The molecule has 0 radical (unpaired) electrons. The summed E-state index contributed by atoms with van der Waals surface area (Å²) in [5.74, 6) is -8.07. The van der Waals surface area contributed by atoms with Crippen molar-refractivity contribution >= 4 is 35.8 Å². The van der Waals surface area contributed by atoms with E-state index < -0.39 is 35.8 Å². The van der Waals surface area contributed by atoms with Crippen molar-refractivity contribution in [2.24, 2.45) is 0 Å². The van der Waals surface area contributed by atoms with Gasteiger partial charge in [-0.3, -0.25) is 0 Å². The fourth-order valence-corrected chi connectivity index (χ4v) is 0.749. The van der Waals surface area contributed by atoms with Gasteiger partial charge in [-0.15, -0.1) is 0 Å². The molecule has 0 aliphatic heterocycles. The number of hydrogen-bond donors (Lipinski definition) is 2. The van der Waals surface area contributed by atoms with Gasteiger partial charge in [0.1, 0.15) is 0 Å². The van der Waals surface area contributed by atoms with Gasteiger partial charge < -0.3 is 25.4 Å². The second-order valence-corrected chi connectivity index (χ2v) is 3.16. The van der Waals surface area contributed by atoms with Crippen molar-refractivity contribution in [3.63, 3.8) is 0 Å². The van der Waals surface area contributed by atoms with E-state index in [1.165, 1.54) is 0 Å². The maximum Gasteiger partial charge on any atom is 1.00 e. The van der Waals surface area contributed by atoms with Crippen LogP contribution < -0.4 is 162 Å². The summed E-state index contributed by atoms with van der Waals surface area (Å²) >= 11 is 0. The van der Waals surface area contributed by atoms with E-state index in [9.17, 15) is 28.8 Å². The molecule has 0 heterocycles. The van der Waals surface area contributed by atoms with Crippen LogP contribution in [0.2, 0.25) is 0 Å². The standard InChI is InChI=1S/C12H8O10.2K.2Na.4H/c13-7(14)1-3-9(17)21-11(19)5-6-12(20)22-10(18)4-2-8(15)16;;;;;;;;/h1-6H,(H,13,14)(H,15,16);;;;;;;;/q;4*+1;4*-1/b3-1-,4-2-,6-5-;;;;;;;;. The van der Waals surface area contributed by atoms with E-state index in [1.54, 1.807) is 0 Å². The summed E-state index contributed by atoms with van der Waals surface area (Å²) in [6, 6.07) is 0. The third-order valence-corrected chi connectivity index (χ3v) is 1.48. The number of carboxylic acids is 2. The Balaban J connectivity index is -0.0000000787. The maximum atomic E-state index is 11.0. The zero-order valence-corrected chi connectivity index (χ0v) is 24.9. The van der Waals surface area contributed by atoms with Gasteiger partial charge in [-0.2, -0.15) is 0 Å². The molecule has 0 saturated carbocycles. The minimum absolute atomic E-state index is 0. The minimum Gasteiger partial charge on any atom is -1.00 e. The van der Waals surface area contributed by atoms with Crippen LogP contribution in [0.1, 0.15) is 5.71 Å². The van der Waals surface area contributed by atoms with E-state index in [0.717, 1.165) is 0 Å². The molecule has 0 amide bonds. The second-order valence-electron chi connectivity index (χ2n) is 3.16. The fraction of sp³-hybridized carbons (Fsp3) is 0. The number of carbonyl (C=O) groups is 6. The van der Waals surface area contributed by atoms with Gasteiger partial charge >= 0.3 is 198 Å². The summed E-state index contributed by atoms with van der Waals surface area (Å²) in [5, 5.41) is 16.4. The molecular weight excluding hydrogens is 428 g/mol. The molecule has 0 aliphatic carbocycles. The molecule has 2 N–H and O–H groups in total. The third kappa shape index (κ3) is 25.7. The topological polar surface area (TPSA) is 161 Å². The summed E-state index contributed by atoms with van der Waals surface area (Å²) in [6.07, 6.45) is 2.69. The third-order valence-electron chi connectivity index (χ3n) is 1.48. The normalized spacial score (nSPS) is 9.08. The van der Waals surface area contributed by atoms with Gasteiger partial charge in [-0.25, -0.2) is 28.8 Å². The molecule has 0 saturated heterocycles. The number of esters is 4. The number of aliphatic carboxylic acids is 2. The Morgan fingerprint density at radius 3 is 0.923 bits per heavy atom. The predicted molar refractivity (Wildman–Crippen MR) is 69.3 cm³/mol. The van der Waals surface area contributed by atoms with E-state index in [1.807, 2.05) is 0 Å². The van der Waals surface area contributed by atoms with Gasteiger partial charge in [0.2, 0.25) is 0 Å². The molecule has 26 heavy (non-hydrogen) atoms. The van der Waals surface area contributed by atoms with E-state index in [2.05, 4.69) is 9.47 Å². The number of ether oxygens (including phenoxy) is 2. The molecule has 0 unspecified atom stereocenters. The molecular formula is C12H12K2Na2O10. The van der Waals surface area contributed by atoms with Crippen LogP contribution in [-0.2, 0) is 38.2 Å². The summed E-state index contributed by atoms with van der Waals surface area (Å²) in [5.41, 5.74) is 0. The SMILES string of the molecule is O=C(O)/C=C\C(=O)OC(=O)/C=C\C(=O)OC(=O)/C=C\C(=O)O.[H-].[H-].[H-].[H-].[K+].[K+].[Na+].[Na+]. The van der Waals surface area contributed by atoms with E-state index >= 15 is 0 Å². The van der Waals surface area contributed by atoms with Crippen LogP contribution in [-0.4, -0.2) is 46.0 Å². The number of rotatable bonds is 6. The van der Waals surface area contributed by atoms with Crippen LogP contribution in [0.5, 0.6) is 0 Å². The molecule has 0 fully saturated rings. The first-order valence-electron chi connectivity index (χ1n) is 5.22. The molecule has 0 aromatic heterocycles. The van der Waals surface area contributed by atoms with E-state index in [0.29, 0.717) is 36.5 Å². The number of hydrogen-bond acceptors (Lipinski definition) is 8. The van der Waals surface area contributed by atoms with Gasteiger partial charge in [0.05, 0.1) is 0 Å². The van der Waals surface area contributed by atoms with Gasteiger partial charge in [0, 0.05) is 36.5 Å². The van der Waals surface area contributed by atoms with Crippen molar-refractivity contribution in [1.29, 1.82) is 0 Å². The summed E-state index contributed by atoms with van der Waals surface area (Å²) < 4.78 is 8.07. The quantitative estimate of drug-likeness (QED) is 0.176. The number of carbonyl (C=O) groups excluding carboxylic acids is 4. The molecule has 14 heteroatoms. The second kappa shape index (κ2) is 23.0. The Morgan fingerprint density at radius 2 is 0.731 bits per heavy atom. The Kier molecular flexibility index (Phi) is 33.9. The van der Waals surface area contributed by atoms with Crippen LogP contribution in [0, 0.1) is 0 Å². The summed E-state index contributed by atoms with van der Waals surface area (Å²) in [7, 11) is 0. The fourth-order valence-electron chi connectivity index (χ4n) is 0.749. The molecule has 0 atom stereocenters. The van der Waals surface area contributed by atoms with Crippen molar-refractivity contribution in [3.05, 3.63) is 36.5 Å². The van der Waals surface area contributed by atoms with Gasteiger partial charge in [-0.05, 0) is 0 Å². The average molecular weight is 440 g/mol. The monoisotopic (exact) mass is 440 g/mol. The molecule has 0 aromatic carbocycles. The minimum atomic E-state index is -1.43. The van der Waals surface area contributed by atoms with Crippen molar-refractivity contribution in [2.45, 2.75) is 0 Å². The average Bonchev–Trinajstić information content (AvgIpc) is 2.40. The largest absolute Gasteiger partial charge is 1.00 e. The summed E-state index contributed by atoms with van der Waals surface area (Å²) in [4.78, 5) is 63.9. The van der Waals surface area contributed by atoms with Crippen molar-refractivity contribution in [3.8, 4) is 0 Å². The molecule has 0 spiro atoms. The van der Waals surface area contributed by atoms with Crippen LogP contribution in [0.15, 0.2) is 36.5 Å². The number of carboxylic acid groups (broad SMARTS) is 2. The molecule has 0 aliphatic rings. The van der Waals surface area contributed by atoms with Gasteiger partial charge in [0.15, 0.2) is 0 Å². The Labute approximate surface area is 282 Å². The predicted octanol–water partition coefficient (Wildman–Crippen LogP) is -12.6. The molecule has 0 rings (SSSR count). The molecule has 124 valence electrons. The van der Waals surface area contributed by atoms with Crippen molar-refractivity contribution in [2.75, 3.05) is 0 Å². The Bertz CT molecular complexity index is 578. The van der Waals surface area contributed by atoms with E-state index in [-0.39, 0.29) is 168 Å². The smallest absolute Gasteiger partial charge is 1.00 e. The molecule has 0 aromatic rings. The molecule has 10 nitrogen and oxygen atoms in total. The van der Waals surface area contributed by atoms with Crippen molar-refractivity contribution < 1.29 is 216 Å². The van der Waals surface area contributed by atoms with Gasteiger partial charge in [0.25, 0.3) is 0 Å². The van der Waals surface area contributed by atoms with Crippen LogP contribution in [0.25, 0.3) is 0 Å². The van der Waals surface area contributed by atoms with Crippen LogP contribution >= 0.6 is 0 Å². The Hall–Kier alpha value is 1.71. The molecule has 0 bridgehead atoms. The Morgan fingerprint density at radius 1 is 0.538 bits per heavy atom. The van der Waals surface area contributed by atoms with Crippen LogP contribution in [0.4, 0.5) is 0 Å². The van der Waals surface area contributed by atoms with Crippen LogP contribution in [0.3, 0.4) is 0 Å². The maximum absolute atomic E-state index is 11.0. The first-order valence-corrected chi connectivity index (χ1v) is 5.22. The first kappa shape index (κ1) is 38.3. The van der Waals surface area contributed by atoms with Crippen molar-refractivity contribution in [1.82, 2.24) is 0 Å². The zero-order chi connectivity index (χ0) is 17.1. The first-order chi connectivity index (χ1) is 10.2. The van der Waals surface area contributed by atoms with Gasteiger partial charge in [-0.1, -0.05) is 0 Å². The summed E-state index contributed by atoms with van der Waals surface area (Å²) in [6.45, 7) is 0. The zero-order valence-electron chi connectivity index (χ0n) is 18.6.